The Balaban J connectivity index is 2.11. The van der Waals surface area contributed by atoms with Gasteiger partial charge in [0, 0.05) is 23.8 Å². The van der Waals surface area contributed by atoms with Crippen molar-refractivity contribution in [1.82, 2.24) is 10.2 Å². The summed E-state index contributed by atoms with van der Waals surface area (Å²) in [7, 11) is 0. The molecule has 0 saturated carbocycles. The van der Waals surface area contributed by atoms with Gasteiger partial charge < -0.3 is 15.0 Å². The molecule has 2 aliphatic rings. The van der Waals surface area contributed by atoms with Gasteiger partial charge in [0.15, 0.2) is 0 Å². The van der Waals surface area contributed by atoms with Crippen molar-refractivity contribution in [2.45, 2.75) is 64.3 Å². The number of carbonyl (C=O) groups is 1. The first-order valence-corrected chi connectivity index (χ1v) is 9.41. The van der Waals surface area contributed by atoms with Gasteiger partial charge in [-0.25, -0.2) is 4.79 Å². The van der Waals surface area contributed by atoms with Crippen molar-refractivity contribution in [1.29, 1.82) is 0 Å². The lowest BCUT2D eigenvalue weighted by Gasteiger charge is -2.23. The largest absolute Gasteiger partial charge is 0.444 e. The van der Waals surface area contributed by atoms with Gasteiger partial charge in [-0.1, -0.05) is 17.7 Å². The van der Waals surface area contributed by atoms with Crippen LogP contribution < -0.4 is 5.32 Å². The van der Waals surface area contributed by atoms with E-state index in [4.69, 9.17) is 16.3 Å². The number of rotatable bonds is 2. The summed E-state index contributed by atoms with van der Waals surface area (Å²) >= 11 is 5.93. The van der Waals surface area contributed by atoms with Crippen LogP contribution in [0.4, 0.5) is 18.0 Å². The SMILES string of the molecule is CC(C)(C)OC(=O)N[C@@H]1CCN(C2=C\CCC/C(Cl)=C/C(C(F)(F)F)=C\2)C1. The molecular weight excluding hydrogens is 381 g/mol. The van der Waals surface area contributed by atoms with Crippen molar-refractivity contribution in [2.75, 3.05) is 13.1 Å². The number of halogens is 4. The molecule has 1 aliphatic carbocycles. The molecule has 8 heteroatoms. The summed E-state index contributed by atoms with van der Waals surface area (Å²) in [5, 5.41) is 2.99. The third-order valence-electron chi connectivity index (χ3n) is 4.19. The minimum atomic E-state index is -4.47. The highest BCUT2D eigenvalue weighted by molar-refractivity contribution is 6.29. The Bertz CT molecular complexity index is 648. The number of hydrogen-bond acceptors (Lipinski definition) is 3. The van der Waals surface area contributed by atoms with E-state index >= 15 is 0 Å². The Morgan fingerprint density at radius 2 is 2.00 bits per heavy atom. The fourth-order valence-corrected chi connectivity index (χ4v) is 3.24. The van der Waals surface area contributed by atoms with Gasteiger partial charge in [-0.05, 0) is 58.6 Å². The zero-order chi connectivity index (χ0) is 20.2. The first kappa shape index (κ1) is 21.7. The molecule has 152 valence electrons. The summed E-state index contributed by atoms with van der Waals surface area (Å²) in [6, 6.07) is -0.171. The van der Waals surface area contributed by atoms with Crippen LogP contribution in [0, 0.1) is 0 Å². The van der Waals surface area contributed by atoms with Crippen LogP contribution in [0.3, 0.4) is 0 Å². The summed E-state index contributed by atoms with van der Waals surface area (Å²) in [6.07, 6.45) is 1.36. The second kappa shape index (κ2) is 8.59. The monoisotopic (exact) mass is 406 g/mol. The molecule has 0 aromatic carbocycles. The third kappa shape index (κ3) is 7.13. The molecule has 1 atom stereocenters. The fraction of sp³-hybridized carbons (Fsp3) is 0.632. The molecule has 1 saturated heterocycles. The standard InChI is InChI=1S/C19H26ClF3N2O2/c1-18(2,3)27-17(26)24-15-8-9-25(12-15)16-7-5-4-6-14(20)10-13(11-16)19(21,22)23/h7,10-11,15H,4-6,8-9,12H2,1-3H3,(H,24,26)/b13-11+,14-10-,16-7-/t15-/m1/s1. The minimum Gasteiger partial charge on any atom is -0.444 e. The molecule has 0 unspecified atom stereocenters. The molecule has 1 amide bonds. The molecule has 0 aromatic rings. The molecule has 1 N–H and O–H groups in total. The number of hydrogen-bond donors (Lipinski definition) is 1. The van der Waals surface area contributed by atoms with Crippen LogP contribution in [0.1, 0.15) is 46.5 Å². The lowest BCUT2D eigenvalue weighted by atomic mass is 10.1. The van der Waals surface area contributed by atoms with Crippen LogP contribution in [-0.4, -0.2) is 41.9 Å². The topological polar surface area (TPSA) is 41.6 Å². The van der Waals surface area contributed by atoms with Gasteiger partial charge in [-0.15, -0.1) is 0 Å². The van der Waals surface area contributed by atoms with Crippen LogP contribution in [0.25, 0.3) is 0 Å². The first-order chi connectivity index (χ1) is 12.4. The number of ether oxygens (including phenoxy) is 1. The second-order valence-electron chi connectivity index (χ2n) is 7.79. The van der Waals surface area contributed by atoms with E-state index in [1.165, 1.54) is 0 Å². The average Bonchev–Trinajstić information content (AvgIpc) is 2.96. The van der Waals surface area contributed by atoms with Crippen molar-refractivity contribution >= 4 is 17.7 Å². The van der Waals surface area contributed by atoms with Crippen LogP contribution in [0.2, 0.25) is 0 Å². The minimum absolute atomic E-state index is 0.171. The molecule has 4 nitrogen and oxygen atoms in total. The lowest BCUT2D eigenvalue weighted by molar-refractivity contribution is -0.0883. The van der Waals surface area contributed by atoms with Gasteiger partial charge in [0.25, 0.3) is 0 Å². The normalized spacial score (nSPS) is 27.9. The Kier molecular flexibility index (Phi) is 6.89. The first-order valence-electron chi connectivity index (χ1n) is 9.03. The Morgan fingerprint density at radius 3 is 2.63 bits per heavy atom. The maximum absolute atomic E-state index is 13.3. The molecule has 27 heavy (non-hydrogen) atoms. The van der Waals surface area contributed by atoms with E-state index in [0.29, 0.717) is 44.5 Å². The predicted octanol–water partition coefficient (Wildman–Crippen LogP) is 5.26. The molecule has 0 aromatic heterocycles. The van der Waals surface area contributed by atoms with Gasteiger partial charge in [-0.3, -0.25) is 0 Å². The van der Waals surface area contributed by atoms with Crippen molar-refractivity contribution in [2.24, 2.45) is 0 Å². The maximum Gasteiger partial charge on any atom is 0.416 e. The molecule has 0 bridgehead atoms. The number of alkyl carbamates (subject to hydrolysis) is 1. The molecule has 0 spiro atoms. The molecule has 1 heterocycles. The van der Waals surface area contributed by atoms with Crippen molar-refractivity contribution < 1.29 is 22.7 Å². The highest BCUT2D eigenvalue weighted by atomic mass is 35.5. The van der Waals surface area contributed by atoms with Gasteiger partial charge >= 0.3 is 12.3 Å². The highest BCUT2D eigenvalue weighted by Crippen LogP contribution is 2.32. The van der Waals surface area contributed by atoms with Crippen molar-refractivity contribution in [3.8, 4) is 0 Å². The quantitative estimate of drug-likeness (QED) is 0.679. The smallest absolute Gasteiger partial charge is 0.416 e. The molecule has 2 rings (SSSR count). The van der Waals surface area contributed by atoms with E-state index in [1.54, 1.807) is 20.8 Å². The zero-order valence-electron chi connectivity index (χ0n) is 15.8. The van der Waals surface area contributed by atoms with Gasteiger partial charge in [0.1, 0.15) is 5.60 Å². The van der Waals surface area contributed by atoms with Gasteiger partial charge in [-0.2, -0.15) is 13.2 Å². The third-order valence-corrected chi connectivity index (χ3v) is 4.49. The van der Waals surface area contributed by atoms with E-state index in [0.717, 1.165) is 12.2 Å². The highest BCUT2D eigenvalue weighted by Gasteiger charge is 2.34. The van der Waals surface area contributed by atoms with Crippen LogP contribution >= 0.6 is 11.6 Å². The van der Waals surface area contributed by atoms with E-state index in [9.17, 15) is 18.0 Å². The van der Waals surface area contributed by atoms with E-state index in [-0.39, 0.29) is 11.1 Å². The lowest BCUT2D eigenvalue weighted by Crippen LogP contribution is -2.40. The maximum atomic E-state index is 13.3. The van der Waals surface area contributed by atoms with Gasteiger partial charge in [0.2, 0.25) is 0 Å². The van der Waals surface area contributed by atoms with Gasteiger partial charge in [0.05, 0.1) is 11.6 Å². The number of likely N-dealkylation sites (tertiary alicyclic amines) is 1. The Hall–Kier alpha value is -1.63. The molecular formula is C19H26ClF3N2O2. The number of carbonyl (C=O) groups excluding carboxylic acids is 1. The van der Waals surface area contributed by atoms with Crippen LogP contribution in [0.15, 0.2) is 34.5 Å². The summed E-state index contributed by atoms with van der Waals surface area (Å²) in [6.45, 7) is 6.32. The average molecular weight is 407 g/mol. The number of nitrogens with one attached hydrogen (secondary N) is 1. The van der Waals surface area contributed by atoms with Crippen LogP contribution in [0.5, 0.6) is 0 Å². The number of amides is 1. The van der Waals surface area contributed by atoms with E-state index in [2.05, 4.69) is 5.32 Å². The fourth-order valence-electron chi connectivity index (χ4n) is 2.99. The molecule has 1 aliphatic heterocycles. The Morgan fingerprint density at radius 1 is 1.30 bits per heavy atom. The number of alkyl halides is 3. The summed E-state index contributed by atoms with van der Waals surface area (Å²) in [5.74, 6) is 0. The van der Waals surface area contributed by atoms with E-state index in [1.807, 2.05) is 11.0 Å². The van der Waals surface area contributed by atoms with Crippen molar-refractivity contribution in [3.63, 3.8) is 0 Å². The van der Waals surface area contributed by atoms with E-state index < -0.39 is 23.4 Å². The summed E-state index contributed by atoms with van der Waals surface area (Å²) in [4.78, 5) is 13.8. The van der Waals surface area contributed by atoms with Crippen molar-refractivity contribution in [3.05, 3.63) is 34.5 Å². The number of nitrogens with zero attached hydrogens (tertiary/aromatic N) is 1. The Labute approximate surface area is 163 Å². The molecule has 1 fully saturated rings. The summed E-state index contributed by atoms with van der Waals surface area (Å²) in [5.41, 5.74) is -0.846. The van der Waals surface area contributed by atoms with Crippen LogP contribution in [-0.2, 0) is 4.74 Å². The second-order valence-corrected chi connectivity index (χ2v) is 8.27. The number of allylic oxidation sites excluding steroid dienone is 5. The zero-order valence-corrected chi connectivity index (χ0v) is 16.6. The predicted molar refractivity (Wildman–Crippen MR) is 99.4 cm³/mol. The summed E-state index contributed by atoms with van der Waals surface area (Å²) < 4.78 is 45.2. The molecule has 0 radical (unpaired) electrons.